The van der Waals surface area contributed by atoms with E-state index in [1.807, 2.05) is 0 Å². The maximum atomic E-state index is 14.8. The topological polar surface area (TPSA) is 24.5 Å². The van der Waals surface area contributed by atoms with Crippen LogP contribution in [0.2, 0.25) is 0 Å². The number of methoxy groups -OCH3 is 1. The molecule has 1 heterocycles. The van der Waals surface area contributed by atoms with Crippen molar-refractivity contribution in [3.05, 3.63) is 29.3 Å². The van der Waals surface area contributed by atoms with Crippen molar-refractivity contribution in [2.75, 3.05) is 33.3 Å². The Morgan fingerprint density at radius 2 is 1.83 bits per heavy atom. The van der Waals surface area contributed by atoms with Crippen molar-refractivity contribution in [3.63, 3.8) is 0 Å². The van der Waals surface area contributed by atoms with Crippen molar-refractivity contribution < 1.29 is 13.5 Å². The average molecular weight is 347 g/mol. The fourth-order valence-corrected chi connectivity index (χ4v) is 3.93. The molecule has 1 atom stereocenters. The van der Waals surface area contributed by atoms with E-state index in [2.05, 4.69) is 10.2 Å². The van der Waals surface area contributed by atoms with Crippen LogP contribution in [0.1, 0.15) is 37.3 Å². The van der Waals surface area contributed by atoms with Gasteiger partial charge in [0.1, 0.15) is 5.82 Å². The van der Waals surface area contributed by atoms with Crippen LogP contribution in [0.25, 0.3) is 0 Å². The van der Waals surface area contributed by atoms with Crippen LogP contribution in [0.15, 0.2) is 12.1 Å². The molecule has 0 bridgehead atoms. The molecule has 3 rings (SSSR count). The van der Waals surface area contributed by atoms with Gasteiger partial charge in [-0.2, -0.15) is 0 Å². The van der Waals surface area contributed by atoms with Crippen LogP contribution in [0.4, 0.5) is 8.78 Å². The minimum Gasteiger partial charge on any atom is -0.494 e. The van der Waals surface area contributed by atoms with Crippen molar-refractivity contribution in [1.29, 1.82) is 0 Å². The normalized spacial score (nSPS) is 21.0. The second-order valence-electron chi connectivity index (χ2n) is 6.25. The Kier molecular flexibility index (Phi) is 6.62. The Hall–Kier alpha value is -0.910. The highest BCUT2D eigenvalue weighted by molar-refractivity contribution is 5.85. The number of piperazine rings is 1. The van der Waals surface area contributed by atoms with E-state index < -0.39 is 11.6 Å². The fourth-order valence-electron chi connectivity index (χ4n) is 3.93. The lowest BCUT2D eigenvalue weighted by molar-refractivity contribution is 0.118. The summed E-state index contributed by atoms with van der Waals surface area (Å²) in [6.45, 7) is 3.40. The molecular weight excluding hydrogens is 322 g/mol. The molecule has 1 aliphatic carbocycles. The summed E-state index contributed by atoms with van der Waals surface area (Å²) >= 11 is 0. The van der Waals surface area contributed by atoms with Gasteiger partial charge in [-0.3, -0.25) is 4.90 Å². The van der Waals surface area contributed by atoms with Crippen LogP contribution in [-0.4, -0.2) is 38.2 Å². The predicted molar refractivity (Wildman–Crippen MR) is 89.3 cm³/mol. The van der Waals surface area contributed by atoms with Crippen molar-refractivity contribution in [2.45, 2.75) is 31.7 Å². The zero-order valence-corrected chi connectivity index (χ0v) is 14.3. The van der Waals surface area contributed by atoms with E-state index in [0.29, 0.717) is 5.92 Å². The molecule has 0 radical (unpaired) electrons. The molecule has 1 aromatic rings. The third kappa shape index (κ3) is 3.78. The second-order valence-corrected chi connectivity index (χ2v) is 6.25. The van der Waals surface area contributed by atoms with E-state index in [1.165, 1.54) is 19.2 Å². The summed E-state index contributed by atoms with van der Waals surface area (Å²) in [5, 5.41) is 3.31. The van der Waals surface area contributed by atoms with Gasteiger partial charge < -0.3 is 10.1 Å². The van der Waals surface area contributed by atoms with Crippen LogP contribution in [0, 0.1) is 17.6 Å². The molecule has 0 aromatic heterocycles. The first-order valence-corrected chi connectivity index (χ1v) is 8.19. The summed E-state index contributed by atoms with van der Waals surface area (Å²) in [7, 11) is 1.43. The molecule has 1 N–H and O–H groups in total. The van der Waals surface area contributed by atoms with Gasteiger partial charge in [0.15, 0.2) is 11.6 Å². The smallest absolute Gasteiger partial charge is 0.172 e. The Labute approximate surface area is 142 Å². The average Bonchev–Trinajstić information content (AvgIpc) is 3.06. The molecule has 23 heavy (non-hydrogen) atoms. The lowest BCUT2D eigenvalue weighted by Gasteiger charge is -2.39. The molecule has 1 aromatic carbocycles. The first-order chi connectivity index (χ1) is 10.7. The largest absolute Gasteiger partial charge is 0.494 e. The van der Waals surface area contributed by atoms with Crippen LogP contribution >= 0.6 is 12.4 Å². The zero-order chi connectivity index (χ0) is 15.5. The summed E-state index contributed by atoms with van der Waals surface area (Å²) in [5.41, 5.74) is 0.202. The minimum atomic E-state index is -0.530. The Bertz CT molecular complexity index is 518. The predicted octanol–water partition coefficient (Wildman–Crippen LogP) is 3.53. The number of hydrogen-bond acceptors (Lipinski definition) is 3. The quantitative estimate of drug-likeness (QED) is 0.902. The summed E-state index contributed by atoms with van der Waals surface area (Å²) in [5.74, 6) is -0.518. The lowest BCUT2D eigenvalue weighted by atomic mass is 9.89. The number of rotatable bonds is 4. The maximum Gasteiger partial charge on any atom is 0.172 e. The second kappa shape index (κ2) is 8.27. The van der Waals surface area contributed by atoms with E-state index in [0.717, 1.165) is 51.9 Å². The third-order valence-corrected chi connectivity index (χ3v) is 5.00. The SMILES string of the molecule is COc1ccc(F)c([C@@H](C2CCCC2)N2CCNCC2)c1F.Cl. The standard InChI is InChI=1S/C17H24F2N2O.ClH/c1-22-14-7-6-13(18)15(16(14)19)17(12-4-2-3-5-12)21-10-8-20-9-11-21;/h6-7,12,17,20H,2-5,8-11H2,1H3;1H/t17-;/m1./s1. The van der Waals surface area contributed by atoms with Gasteiger partial charge in [-0.1, -0.05) is 12.8 Å². The Balaban J connectivity index is 0.00000192. The Morgan fingerprint density at radius 3 is 2.43 bits per heavy atom. The molecule has 1 saturated heterocycles. The third-order valence-electron chi connectivity index (χ3n) is 5.00. The highest BCUT2D eigenvalue weighted by Crippen LogP contribution is 2.42. The van der Waals surface area contributed by atoms with Crippen molar-refractivity contribution >= 4 is 12.4 Å². The van der Waals surface area contributed by atoms with Gasteiger partial charge in [-0.05, 0) is 30.9 Å². The van der Waals surface area contributed by atoms with Crippen LogP contribution < -0.4 is 10.1 Å². The molecule has 0 unspecified atom stereocenters. The van der Waals surface area contributed by atoms with Crippen LogP contribution in [-0.2, 0) is 0 Å². The molecule has 2 aliphatic rings. The molecule has 0 spiro atoms. The summed E-state index contributed by atoms with van der Waals surface area (Å²) in [6.07, 6.45) is 4.40. The lowest BCUT2D eigenvalue weighted by Crippen LogP contribution is -2.47. The van der Waals surface area contributed by atoms with E-state index in [9.17, 15) is 8.78 Å². The minimum absolute atomic E-state index is 0. The Morgan fingerprint density at radius 1 is 1.17 bits per heavy atom. The molecule has 6 heteroatoms. The van der Waals surface area contributed by atoms with Gasteiger partial charge in [0, 0.05) is 37.8 Å². The number of nitrogens with zero attached hydrogens (tertiary/aromatic N) is 1. The van der Waals surface area contributed by atoms with E-state index in [4.69, 9.17) is 4.74 Å². The maximum absolute atomic E-state index is 14.8. The number of ether oxygens (including phenoxy) is 1. The van der Waals surface area contributed by atoms with E-state index in [1.54, 1.807) is 0 Å². The zero-order valence-electron chi connectivity index (χ0n) is 13.5. The van der Waals surface area contributed by atoms with Crippen molar-refractivity contribution in [1.82, 2.24) is 10.2 Å². The monoisotopic (exact) mass is 346 g/mol. The molecule has 1 aliphatic heterocycles. The highest BCUT2D eigenvalue weighted by Gasteiger charge is 2.36. The van der Waals surface area contributed by atoms with E-state index in [-0.39, 0.29) is 29.8 Å². The number of nitrogens with one attached hydrogen (secondary N) is 1. The van der Waals surface area contributed by atoms with Gasteiger partial charge in [0.05, 0.1) is 7.11 Å². The molecule has 2 fully saturated rings. The molecular formula is C17H25ClF2N2O. The summed E-state index contributed by atoms with van der Waals surface area (Å²) in [4.78, 5) is 2.24. The van der Waals surface area contributed by atoms with Gasteiger partial charge in [0.2, 0.25) is 0 Å². The summed E-state index contributed by atoms with van der Waals surface area (Å²) < 4.78 is 34.3. The van der Waals surface area contributed by atoms with Gasteiger partial charge in [-0.25, -0.2) is 8.78 Å². The number of hydrogen-bond donors (Lipinski definition) is 1. The first kappa shape index (κ1) is 18.4. The molecule has 130 valence electrons. The van der Waals surface area contributed by atoms with Crippen LogP contribution in [0.3, 0.4) is 0 Å². The van der Waals surface area contributed by atoms with Crippen molar-refractivity contribution in [2.24, 2.45) is 5.92 Å². The molecule has 0 amide bonds. The fraction of sp³-hybridized carbons (Fsp3) is 0.647. The van der Waals surface area contributed by atoms with Crippen molar-refractivity contribution in [3.8, 4) is 5.75 Å². The first-order valence-electron chi connectivity index (χ1n) is 8.19. The van der Waals surface area contributed by atoms with Crippen LogP contribution in [0.5, 0.6) is 5.75 Å². The number of benzene rings is 1. The molecule has 3 nitrogen and oxygen atoms in total. The van der Waals surface area contributed by atoms with Gasteiger partial charge in [-0.15, -0.1) is 12.4 Å². The number of halogens is 3. The van der Waals surface area contributed by atoms with E-state index >= 15 is 0 Å². The van der Waals surface area contributed by atoms with Gasteiger partial charge in [0.25, 0.3) is 0 Å². The summed E-state index contributed by atoms with van der Waals surface area (Å²) in [6, 6.07) is 2.53. The highest BCUT2D eigenvalue weighted by atomic mass is 35.5. The van der Waals surface area contributed by atoms with Gasteiger partial charge >= 0.3 is 0 Å². The molecule has 1 saturated carbocycles.